The molecule has 0 radical (unpaired) electrons. The zero-order valence-electron chi connectivity index (χ0n) is 11.3. The number of hydrogen-bond acceptors (Lipinski definition) is 2. The smallest absolute Gasteiger partial charge is 0.145 e. The van der Waals surface area contributed by atoms with Crippen molar-refractivity contribution in [2.45, 2.75) is 46.6 Å². The molecule has 0 N–H and O–H groups in total. The Hall–Kier alpha value is -1.09. The molecule has 2 heterocycles. The van der Waals surface area contributed by atoms with Gasteiger partial charge in [-0.05, 0) is 31.2 Å². The van der Waals surface area contributed by atoms with Gasteiger partial charge in [-0.3, -0.25) is 0 Å². The van der Waals surface area contributed by atoms with Gasteiger partial charge in [0.05, 0.1) is 5.39 Å². The number of halogens is 1. The van der Waals surface area contributed by atoms with Crippen LogP contribution in [0.3, 0.4) is 0 Å². The number of aryl methyl sites for hydroxylation is 1. The summed E-state index contributed by atoms with van der Waals surface area (Å²) in [6.07, 6.45) is 7.75. The van der Waals surface area contributed by atoms with Crippen LogP contribution in [-0.4, -0.2) is 14.5 Å². The van der Waals surface area contributed by atoms with E-state index in [0.717, 1.165) is 23.5 Å². The molecule has 3 nitrogen and oxygen atoms in total. The monoisotopic (exact) mass is 265 g/mol. The molecular weight excluding hydrogens is 246 g/mol. The second-order valence-electron chi connectivity index (χ2n) is 4.62. The Morgan fingerprint density at radius 3 is 2.67 bits per heavy atom. The number of hydrogen-bond donors (Lipinski definition) is 0. The maximum absolute atomic E-state index is 6.10. The fourth-order valence-corrected chi connectivity index (χ4v) is 2.64. The molecule has 0 aromatic carbocycles. The molecule has 1 fully saturated rings. The first-order valence-corrected chi connectivity index (χ1v) is 7.09. The maximum atomic E-state index is 6.10. The fraction of sp³-hybridized carbons (Fsp3) is 0.571. The molecule has 1 saturated carbocycles. The first-order valence-electron chi connectivity index (χ1n) is 6.71. The first-order chi connectivity index (χ1) is 8.75. The molecule has 1 aliphatic carbocycles. The molecular formula is C14H20ClN3. The predicted molar refractivity (Wildman–Crippen MR) is 76.0 cm³/mol. The van der Waals surface area contributed by atoms with Crippen molar-refractivity contribution in [3.8, 4) is 0 Å². The average Bonchev–Trinajstić information content (AvgIpc) is 2.65. The third-order valence-electron chi connectivity index (χ3n) is 3.48. The number of nitrogens with zero attached hydrogens (tertiary/aromatic N) is 3. The van der Waals surface area contributed by atoms with Crippen LogP contribution in [0, 0.1) is 12.8 Å². The second-order valence-corrected chi connectivity index (χ2v) is 4.98. The highest BCUT2D eigenvalue weighted by Gasteiger charge is 2.20. The second kappa shape index (κ2) is 5.70. The molecule has 1 aliphatic rings. The molecule has 0 atom stereocenters. The normalized spacial score (nSPS) is 15.1. The van der Waals surface area contributed by atoms with E-state index >= 15 is 0 Å². The van der Waals surface area contributed by atoms with E-state index in [4.69, 9.17) is 11.6 Å². The van der Waals surface area contributed by atoms with Crippen LogP contribution in [0.1, 0.15) is 38.7 Å². The van der Waals surface area contributed by atoms with E-state index in [0.29, 0.717) is 5.15 Å². The van der Waals surface area contributed by atoms with E-state index in [2.05, 4.69) is 27.7 Å². The van der Waals surface area contributed by atoms with Crippen LogP contribution in [0.15, 0.2) is 12.5 Å². The molecule has 2 aromatic rings. The Morgan fingerprint density at radius 2 is 2.06 bits per heavy atom. The molecule has 0 amide bonds. The summed E-state index contributed by atoms with van der Waals surface area (Å²) in [6, 6.07) is 0. The van der Waals surface area contributed by atoms with Crippen molar-refractivity contribution in [1.82, 2.24) is 14.5 Å². The zero-order chi connectivity index (χ0) is 13.1. The summed E-state index contributed by atoms with van der Waals surface area (Å²) in [5, 5.41) is 1.57. The van der Waals surface area contributed by atoms with Crippen molar-refractivity contribution in [3.05, 3.63) is 23.2 Å². The average molecular weight is 266 g/mol. The molecule has 0 unspecified atom stereocenters. The summed E-state index contributed by atoms with van der Waals surface area (Å²) in [6.45, 7) is 7.13. The van der Waals surface area contributed by atoms with Crippen molar-refractivity contribution in [2.24, 2.45) is 5.92 Å². The van der Waals surface area contributed by atoms with E-state index in [1.165, 1.54) is 24.8 Å². The summed E-state index contributed by atoms with van der Waals surface area (Å²) in [5.41, 5.74) is 2.14. The molecule has 0 spiro atoms. The quantitative estimate of drug-likeness (QED) is 0.761. The van der Waals surface area contributed by atoms with Crippen LogP contribution in [0.4, 0.5) is 0 Å². The molecule has 0 bridgehead atoms. The van der Waals surface area contributed by atoms with Gasteiger partial charge in [0.2, 0.25) is 0 Å². The summed E-state index contributed by atoms with van der Waals surface area (Å²) in [4.78, 5) is 8.38. The Kier molecular flexibility index (Phi) is 4.23. The summed E-state index contributed by atoms with van der Waals surface area (Å²) >= 11 is 6.10. The largest absolute Gasteiger partial charge is 0.332 e. The highest BCUT2D eigenvalue weighted by atomic mass is 35.5. The van der Waals surface area contributed by atoms with Gasteiger partial charge < -0.3 is 4.57 Å². The Morgan fingerprint density at radius 1 is 1.33 bits per heavy atom. The van der Waals surface area contributed by atoms with E-state index in [1.54, 1.807) is 6.33 Å². The van der Waals surface area contributed by atoms with Crippen molar-refractivity contribution >= 4 is 22.6 Å². The summed E-state index contributed by atoms with van der Waals surface area (Å²) in [7, 11) is 0. The van der Waals surface area contributed by atoms with E-state index in [1.807, 2.05) is 13.8 Å². The highest BCUT2D eigenvalue weighted by Crippen LogP contribution is 2.31. The molecule has 0 aliphatic heterocycles. The lowest BCUT2D eigenvalue weighted by Crippen LogP contribution is -2.17. The molecule has 0 saturated heterocycles. The minimum atomic E-state index is 0.565. The lowest BCUT2D eigenvalue weighted by molar-refractivity contribution is 0.279. The van der Waals surface area contributed by atoms with Gasteiger partial charge in [-0.2, -0.15) is 0 Å². The van der Waals surface area contributed by atoms with Gasteiger partial charge in [-0.25, -0.2) is 9.97 Å². The topological polar surface area (TPSA) is 30.7 Å². The lowest BCUT2D eigenvalue weighted by Gasteiger charge is -2.25. The van der Waals surface area contributed by atoms with Crippen LogP contribution < -0.4 is 0 Å². The van der Waals surface area contributed by atoms with Crippen molar-refractivity contribution in [1.29, 1.82) is 0 Å². The Bertz CT molecular complexity index is 529. The number of fused-ring (bicyclic) bond motifs is 1. The van der Waals surface area contributed by atoms with Crippen LogP contribution in [-0.2, 0) is 6.54 Å². The Balaban J connectivity index is 0.000000574. The van der Waals surface area contributed by atoms with Gasteiger partial charge >= 0.3 is 0 Å². The standard InChI is InChI=1S/C12H14ClN3.C2H6/c1-8-5-16(6-9-3-2-4-9)12-10(8)11(13)14-7-15-12;1-2/h5,7,9H,2-4,6H2,1H3;1-2H3. The van der Waals surface area contributed by atoms with Gasteiger partial charge in [-0.15, -0.1) is 0 Å². The Labute approximate surface area is 113 Å². The van der Waals surface area contributed by atoms with Crippen LogP contribution in [0.5, 0.6) is 0 Å². The van der Waals surface area contributed by atoms with Gasteiger partial charge in [0.1, 0.15) is 17.1 Å². The van der Waals surface area contributed by atoms with E-state index in [-0.39, 0.29) is 0 Å². The SMILES string of the molecule is CC.Cc1cn(CC2CCC2)c2ncnc(Cl)c12. The third-order valence-corrected chi connectivity index (χ3v) is 3.76. The predicted octanol–water partition coefficient (Wildman–Crippen LogP) is 4.22. The van der Waals surface area contributed by atoms with Crippen molar-refractivity contribution < 1.29 is 0 Å². The maximum Gasteiger partial charge on any atom is 0.145 e. The van der Waals surface area contributed by atoms with Crippen molar-refractivity contribution in [3.63, 3.8) is 0 Å². The lowest BCUT2D eigenvalue weighted by atomic mass is 9.85. The van der Waals surface area contributed by atoms with Crippen molar-refractivity contribution in [2.75, 3.05) is 0 Å². The van der Waals surface area contributed by atoms with Crippen LogP contribution >= 0.6 is 11.6 Å². The van der Waals surface area contributed by atoms with Crippen LogP contribution in [0.2, 0.25) is 5.15 Å². The zero-order valence-corrected chi connectivity index (χ0v) is 12.0. The van der Waals surface area contributed by atoms with E-state index in [9.17, 15) is 0 Å². The van der Waals surface area contributed by atoms with Gasteiger partial charge in [0.15, 0.2) is 0 Å². The fourth-order valence-electron chi connectivity index (χ4n) is 2.36. The third kappa shape index (κ3) is 2.37. The number of rotatable bonds is 2. The van der Waals surface area contributed by atoms with Gasteiger partial charge in [0, 0.05) is 12.7 Å². The minimum Gasteiger partial charge on any atom is -0.332 e. The molecule has 98 valence electrons. The first kappa shape index (κ1) is 13.3. The molecule has 18 heavy (non-hydrogen) atoms. The van der Waals surface area contributed by atoms with Gasteiger partial charge in [-0.1, -0.05) is 31.9 Å². The van der Waals surface area contributed by atoms with Crippen LogP contribution in [0.25, 0.3) is 11.0 Å². The molecule has 3 rings (SSSR count). The van der Waals surface area contributed by atoms with E-state index < -0.39 is 0 Å². The summed E-state index contributed by atoms with van der Waals surface area (Å²) in [5.74, 6) is 0.823. The molecule has 2 aromatic heterocycles. The molecule has 4 heteroatoms. The number of aromatic nitrogens is 3. The highest BCUT2D eigenvalue weighted by molar-refractivity contribution is 6.34. The van der Waals surface area contributed by atoms with Gasteiger partial charge in [0.25, 0.3) is 0 Å². The summed E-state index contributed by atoms with van der Waals surface area (Å²) < 4.78 is 2.22. The minimum absolute atomic E-state index is 0.565.